The molecule has 1 aromatic heterocycles. The van der Waals surface area contributed by atoms with Gasteiger partial charge in [0.15, 0.2) is 0 Å². The van der Waals surface area contributed by atoms with Gasteiger partial charge in [0.25, 0.3) is 5.22 Å². The molecular weight excluding hydrogens is 186 g/mol. The number of hydrogen-bond donors (Lipinski definition) is 2. The SMILES string of the molecule is Cc1coc(SCCCC(=N)N)n1. The Morgan fingerprint density at radius 3 is 3.08 bits per heavy atom. The summed E-state index contributed by atoms with van der Waals surface area (Å²) in [4.78, 5) is 4.14. The fourth-order valence-electron chi connectivity index (χ4n) is 0.821. The van der Waals surface area contributed by atoms with E-state index in [1.54, 1.807) is 18.0 Å². The molecule has 0 aliphatic heterocycles. The molecule has 0 saturated heterocycles. The van der Waals surface area contributed by atoms with Crippen molar-refractivity contribution in [3.8, 4) is 0 Å². The molecule has 0 amide bonds. The summed E-state index contributed by atoms with van der Waals surface area (Å²) in [5.74, 6) is 1.13. The minimum atomic E-state index is 0.240. The van der Waals surface area contributed by atoms with Gasteiger partial charge in [0.05, 0.1) is 11.5 Å². The summed E-state index contributed by atoms with van der Waals surface area (Å²) in [5, 5.41) is 7.71. The second kappa shape index (κ2) is 4.91. The predicted molar refractivity (Wildman–Crippen MR) is 53.1 cm³/mol. The van der Waals surface area contributed by atoms with Crippen LogP contribution in [-0.2, 0) is 0 Å². The van der Waals surface area contributed by atoms with Crippen molar-refractivity contribution in [2.24, 2.45) is 5.73 Å². The van der Waals surface area contributed by atoms with Crippen LogP contribution in [0.1, 0.15) is 18.5 Å². The van der Waals surface area contributed by atoms with Gasteiger partial charge in [-0.05, 0) is 13.3 Å². The smallest absolute Gasteiger partial charge is 0.255 e. The van der Waals surface area contributed by atoms with Crippen molar-refractivity contribution in [1.82, 2.24) is 4.98 Å². The van der Waals surface area contributed by atoms with Gasteiger partial charge >= 0.3 is 0 Å². The summed E-state index contributed by atoms with van der Waals surface area (Å²) in [6.07, 6.45) is 3.17. The number of amidine groups is 1. The van der Waals surface area contributed by atoms with E-state index in [4.69, 9.17) is 15.6 Å². The van der Waals surface area contributed by atoms with E-state index in [1.165, 1.54) is 0 Å². The average molecular weight is 199 g/mol. The van der Waals surface area contributed by atoms with Gasteiger partial charge in [-0.15, -0.1) is 0 Å². The lowest BCUT2D eigenvalue weighted by Crippen LogP contribution is -2.08. The Morgan fingerprint density at radius 1 is 1.77 bits per heavy atom. The van der Waals surface area contributed by atoms with Crippen LogP contribution in [-0.4, -0.2) is 16.6 Å². The summed E-state index contributed by atoms with van der Waals surface area (Å²) >= 11 is 1.55. The van der Waals surface area contributed by atoms with Crippen molar-refractivity contribution in [3.63, 3.8) is 0 Å². The maximum Gasteiger partial charge on any atom is 0.255 e. The zero-order valence-corrected chi connectivity index (χ0v) is 8.36. The molecule has 1 heterocycles. The first-order valence-corrected chi connectivity index (χ1v) is 5.05. The second-order valence-electron chi connectivity index (χ2n) is 2.73. The molecule has 0 saturated carbocycles. The minimum absolute atomic E-state index is 0.240. The zero-order chi connectivity index (χ0) is 9.68. The van der Waals surface area contributed by atoms with Crippen molar-refractivity contribution < 1.29 is 4.42 Å². The van der Waals surface area contributed by atoms with Gasteiger partial charge in [-0.25, -0.2) is 4.98 Å². The minimum Gasteiger partial charge on any atom is -0.440 e. The third-order valence-corrected chi connectivity index (χ3v) is 2.34. The Labute approximate surface area is 81.4 Å². The number of nitrogens with two attached hydrogens (primary N) is 1. The Hall–Kier alpha value is -0.970. The Balaban J connectivity index is 2.16. The molecular formula is C8H13N3OS. The summed E-state index contributed by atoms with van der Waals surface area (Å²) in [6, 6.07) is 0. The van der Waals surface area contributed by atoms with Crippen molar-refractivity contribution in [3.05, 3.63) is 12.0 Å². The van der Waals surface area contributed by atoms with E-state index < -0.39 is 0 Å². The predicted octanol–water partition coefficient (Wildman–Crippen LogP) is 1.79. The Bertz CT molecular complexity index is 285. The van der Waals surface area contributed by atoms with Gasteiger partial charge in [0.2, 0.25) is 0 Å². The fraction of sp³-hybridized carbons (Fsp3) is 0.500. The molecule has 13 heavy (non-hydrogen) atoms. The van der Waals surface area contributed by atoms with Crippen molar-refractivity contribution in [1.29, 1.82) is 5.41 Å². The maximum atomic E-state index is 7.01. The number of thioether (sulfide) groups is 1. The number of aryl methyl sites for hydroxylation is 1. The zero-order valence-electron chi connectivity index (χ0n) is 7.54. The highest BCUT2D eigenvalue weighted by molar-refractivity contribution is 7.99. The molecule has 0 fully saturated rings. The van der Waals surface area contributed by atoms with E-state index >= 15 is 0 Å². The first-order chi connectivity index (χ1) is 6.18. The molecule has 1 rings (SSSR count). The average Bonchev–Trinajstić information content (AvgIpc) is 2.45. The van der Waals surface area contributed by atoms with Gasteiger partial charge < -0.3 is 10.2 Å². The highest BCUT2D eigenvalue weighted by Gasteiger charge is 2.00. The van der Waals surface area contributed by atoms with Crippen LogP contribution in [0.2, 0.25) is 0 Å². The van der Waals surface area contributed by atoms with Crippen LogP contribution in [0, 0.1) is 12.3 Å². The molecule has 0 unspecified atom stereocenters. The van der Waals surface area contributed by atoms with Crippen LogP contribution in [0.15, 0.2) is 15.9 Å². The fourth-order valence-corrected chi connectivity index (χ4v) is 1.61. The molecule has 0 radical (unpaired) electrons. The van der Waals surface area contributed by atoms with Gasteiger partial charge in [0.1, 0.15) is 6.26 Å². The van der Waals surface area contributed by atoms with Crippen LogP contribution in [0.5, 0.6) is 0 Å². The van der Waals surface area contributed by atoms with Crippen LogP contribution in [0.25, 0.3) is 0 Å². The second-order valence-corrected chi connectivity index (χ2v) is 3.78. The molecule has 4 nitrogen and oxygen atoms in total. The number of rotatable bonds is 5. The van der Waals surface area contributed by atoms with Crippen molar-refractivity contribution in [2.75, 3.05) is 5.75 Å². The van der Waals surface area contributed by atoms with Crippen LogP contribution in [0.3, 0.4) is 0 Å². The van der Waals surface area contributed by atoms with E-state index in [-0.39, 0.29) is 5.84 Å². The number of hydrogen-bond acceptors (Lipinski definition) is 4. The highest BCUT2D eigenvalue weighted by atomic mass is 32.2. The molecule has 0 aliphatic carbocycles. The summed E-state index contributed by atoms with van der Waals surface area (Å²) in [7, 11) is 0. The van der Waals surface area contributed by atoms with E-state index in [0.717, 1.165) is 17.9 Å². The quantitative estimate of drug-likeness (QED) is 0.328. The highest BCUT2D eigenvalue weighted by Crippen LogP contribution is 2.17. The lowest BCUT2D eigenvalue weighted by atomic mass is 10.3. The molecule has 0 spiro atoms. The lowest BCUT2D eigenvalue weighted by Gasteiger charge is -1.95. The van der Waals surface area contributed by atoms with E-state index in [0.29, 0.717) is 11.6 Å². The van der Waals surface area contributed by atoms with Gasteiger partial charge in [-0.3, -0.25) is 5.41 Å². The summed E-state index contributed by atoms with van der Waals surface area (Å²) in [6.45, 7) is 1.89. The molecule has 5 heteroatoms. The summed E-state index contributed by atoms with van der Waals surface area (Å²) in [5.41, 5.74) is 6.11. The van der Waals surface area contributed by atoms with E-state index in [1.807, 2.05) is 6.92 Å². The molecule has 72 valence electrons. The molecule has 0 aliphatic rings. The van der Waals surface area contributed by atoms with Crippen LogP contribution >= 0.6 is 11.8 Å². The third-order valence-electron chi connectivity index (χ3n) is 1.41. The normalized spacial score (nSPS) is 10.2. The van der Waals surface area contributed by atoms with Crippen LogP contribution < -0.4 is 5.73 Å². The number of oxazole rings is 1. The van der Waals surface area contributed by atoms with Gasteiger partial charge in [0, 0.05) is 12.2 Å². The molecule has 0 aromatic carbocycles. The summed E-state index contributed by atoms with van der Waals surface area (Å²) < 4.78 is 5.14. The largest absolute Gasteiger partial charge is 0.440 e. The monoisotopic (exact) mass is 199 g/mol. The molecule has 0 atom stereocenters. The van der Waals surface area contributed by atoms with E-state index in [9.17, 15) is 0 Å². The molecule has 3 N–H and O–H groups in total. The number of aromatic nitrogens is 1. The lowest BCUT2D eigenvalue weighted by molar-refractivity contribution is 0.454. The number of nitrogens with one attached hydrogen (secondary N) is 1. The Morgan fingerprint density at radius 2 is 2.54 bits per heavy atom. The maximum absolute atomic E-state index is 7.01. The van der Waals surface area contributed by atoms with Gasteiger partial charge in [-0.2, -0.15) is 0 Å². The van der Waals surface area contributed by atoms with E-state index in [2.05, 4.69) is 4.98 Å². The van der Waals surface area contributed by atoms with Gasteiger partial charge in [-0.1, -0.05) is 11.8 Å². The third kappa shape index (κ3) is 3.98. The van der Waals surface area contributed by atoms with Crippen molar-refractivity contribution >= 4 is 17.6 Å². The molecule has 1 aromatic rings. The molecule has 0 bridgehead atoms. The van der Waals surface area contributed by atoms with Crippen LogP contribution in [0.4, 0.5) is 0 Å². The Kier molecular flexibility index (Phi) is 3.82. The first kappa shape index (κ1) is 10.1. The standard InChI is InChI=1S/C8H13N3OS/c1-6-5-12-8(11-6)13-4-2-3-7(9)10/h5H,2-4H2,1H3,(H3,9,10). The topological polar surface area (TPSA) is 75.9 Å². The first-order valence-electron chi connectivity index (χ1n) is 4.06. The number of nitrogens with zero attached hydrogens (tertiary/aromatic N) is 1. The van der Waals surface area contributed by atoms with Crippen molar-refractivity contribution in [2.45, 2.75) is 25.0 Å².